The molecule has 4 heteroatoms. The lowest BCUT2D eigenvalue weighted by atomic mass is 10.0. The molecule has 1 aromatic rings. The minimum absolute atomic E-state index is 0.536. The standard InChI is InChI=1S/C14H22N4/c1-11(2)10-16-14(17-15)18-9-5-7-12-6-3-4-8-13(12)18/h3-4,6,8,11H,5,7,9-10,15H2,1-2H3,(H,16,17). The molecule has 0 fully saturated rings. The van der Waals surface area contributed by atoms with Gasteiger partial charge in [0.25, 0.3) is 0 Å². The van der Waals surface area contributed by atoms with Crippen LogP contribution in [0.3, 0.4) is 0 Å². The van der Waals surface area contributed by atoms with E-state index in [4.69, 9.17) is 5.84 Å². The van der Waals surface area contributed by atoms with Crippen LogP contribution < -0.4 is 16.2 Å². The van der Waals surface area contributed by atoms with E-state index in [0.29, 0.717) is 5.92 Å². The van der Waals surface area contributed by atoms with Crippen molar-refractivity contribution in [2.24, 2.45) is 16.8 Å². The van der Waals surface area contributed by atoms with Gasteiger partial charge in [-0.2, -0.15) is 0 Å². The second kappa shape index (κ2) is 5.87. The maximum absolute atomic E-state index is 5.62. The van der Waals surface area contributed by atoms with Gasteiger partial charge < -0.3 is 4.90 Å². The Labute approximate surface area is 109 Å². The van der Waals surface area contributed by atoms with Crippen LogP contribution in [0.25, 0.3) is 0 Å². The number of fused-ring (bicyclic) bond motifs is 1. The number of aryl methyl sites for hydroxylation is 1. The molecule has 0 aromatic heterocycles. The lowest BCUT2D eigenvalue weighted by Crippen LogP contribution is -2.47. The molecule has 2 rings (SSSR count). The number of hydrazine groups is 1. The first kappa shape index (κ1) is 12.9. The molecule has 1 aliphatic rings. The van der Waals surface area contributed by atoms with Crippen LogP contribution >= 0.6 is 0 Å². The first-order valence-corrected chi connectivity index (χ1v) is 6.59. The lowest BCUT2D eigenvalue weighted by molar-refractivity contribution is 0.658. The van der Waals surface area contributed by atoms with Crippen LogP contribution in [0.5, 0.6) is 0 Å². The van der Waals surface area contributed by atoms with Crippen molar-refractivity contribution in [1.29, 1.82) is 0 Å². The van der Waals surface area contributed by atoms with Crippen LogP contribution in [0.15, 0.2) is 29.3 Å². The second-order valence-corrected chi connectivity index (χ2v) is 5.09. The number of hydrogen-bond donors (Lipinski definition) is 2. The minimum Gasteiger partial charge on any atom is -0.311 e. The van der Waals surface area contributed by atoms with Gasteiger partial charge in [0.05, 0.1) is 0 Å². The van der Waals surface area contributed by atoms with E-state index in [0.717, 1.165) is 31.9 Å². The predicted octanol–water partition coefficient (Wildman–Crippen LogP) is 1.91. The number of nitrogens with zero attached hydrogens (tertiary/aromatic N) is 2. The summed E-state index contributed by atoms with van der Waals surface area (Å²) in [7, 11) is 0. The first-order valence-electron chi connectivity index (χ1n) is 6.59. The van der Waals surface area contributed by atoms with Gasteiger partial charge in [-0.3, -0.25) is 10.4 Å². The van der Waals surface area contributed by atoms with Crippen molar-refractivity contribution in [3.05, 3.63) is 29.8 Å². The van der Waals surface area contributed by atoms with E-state index in [1.54, 1.807) is 0 Å². The lowest BCUT2D eigenvalue weighted by Gasteiger charge is -2.31. The van der Waals surface area contributed by atoms with E-state index in [-0.39, 0.29) is 0 Å². The Hall–Kier alpha value is -1.55. The summed E-state index contributed by atoms with van der Waals surface area (Å²) in [6, 6.07) is 8.46. The molecular weight excluding hydrogens is 224 g/mol. The van der Waals surface area contributed by atoms with E-state index < -0.39 is 0 Å². The highest BCUT2D eigenvalue weighted by molar-refractivity contribution is 5.96. The van der Waals surface area contributed by atoms with Crippen molar-refractivity contribution < 1.29 is 0 Å². The van der Waals surface area contributed by atoms with E-state index in [1.165, 1.54) is 11.3 Å². The summed E-state index contributed by atoms with van der Waals surface area (Å²) in [6.07, 6.45) is 2.27. The van der Waals surface area contributed by atoms with Gasteiger partial charge in [0, 0.05) is 18.8 Å². The SMILES string of the molecule is CC(C)CN=C(NN)N1CCCc2ccccc21. The Balaban J connectivity index is 2.25. The molecule has 0 unspecified atom stereocenters. The molecule has 98 valence electrons. The Morgan fingerprint density at radius 3 is 2.94 bits per heavy atom. The van der Waals surface area contributed by atoms with Gasteiger partial charge in [0.1, 0.15) is 0 Å². The largest absolute Gasteiger partial charge is 0.311 e. The normalized spacial score (nSPS) is 15.8. The zero-order valence-corrected chi connectivity index (χ0v) is 11.2. The zero-order valence-electron chi connectivity index (χ0n) is 11.2. The third-order valence-electron chi connectivity index (χ3n) is 3.10. The van der Waals surface area contributed by atoms with E-state index in [1.807, 2.05) is 0 Å². The highest BCUT2D eigenvalue weighted by Crippen LogP contribution is 2.26. The van der Waals surface area contributed by atoms with Gasteiger partial charge in [0.2, 0.25) is 5.96 Å². The minimum atomic E-state index is 0.536. The van der Waals surface area contributed by atoms with Crippen LogP contribution in [0.4, 0.5) is 5.69 Å². The van der Waals surface area contributed by atoms with Gasteiger partial charge >= 0.3 is 0 Å². The van der Waals surface area contributed by atoms with Crippen molar-refractivity contribution in [2.45, 2.75) is 26.7 Å². The average molecular weight is 246 g/mol. The summed E-state index contributed by atoms with van der Waals surface area (Å²) >= 11 is 0. The second-order valence-electron chi connectivity index (χ2n) is 5.09. The summed E-state index contributed by atoms with van der Waals surface area (Å²) in [5.74, 6) is 6.93. The molecule has 0 amide bonds. The number of aliphatic imine (C=N–C) groups is 1. The molecule has 18 heavy (non-hydrogen) atoms. The summed E-state index contributed by atoms with van der Waals surface area (Å²) in [6.45, 7) is 6.07. The van der Waals surface area contributed by atoms with Crippen molar-refractivity contribution in [2.75, 3.05) is 18.0 Å². The first-order chi connectivity index (χ1) is 8.72. The fraction of sp³-hybridized carbons (Fsp3) is 0.500. The summed E-state index contributed by atoms with van der Waals surface area (Å²) in [4.78, 5) is 6.75. The molecule has 0 spiro atoms. The molecule has 1 aromatic carbocycles. The third-order valence-corrected chi connectivity index (χ3v) is 3.10. The van der Waals surface area contributed by atoms with E-state index >= 15 is 0 Å². The molecule has 0 atom stereocenters. The number of benzene rings is 1. The Morgan fingerprint density at radius 2 is 2.22 bits per heavy atom. The Kier molecular flexibility index (Phi) is 4.20. The van der Waals surface area contributed by atoms with Crippen molar-refractivity contribution in [3.8, 4) is 0 Å². The molecule has 0 saturated carbocycles. The maximum Gasteiger partial charge on any atom is 0.212 e. The van der Waals surface area contributed by atoms with Gasteiger partial charge in [-0.25, -0.2) is 5.84 Å². The summed E-state index contributed by atoms with van der Waals surface area (Å²) in [5.41, 5.74) is 5.34. The van der Waals surface area contributed by atoms with Gasteiger partial charge in [-0.15, -0.1) is 0 Å². The van der Waals surface area contributed by atoms with Crippen LogP contribution in [-0.2, 0) is 6.42 Å². The maximum atomic E-state index is 5.62. The molecule has 0 aliphatic carbocycles. The van der Waals surface area contributed by atoms with Crippen LogP contribution in [-0.4, -0.2) is 19.0 Å². The molecule has 0 saturated heterocycles. The smallest absolute Gasteiger partial charge is 0.212 e. The summed E-state index contributed by atoms with van der Waals surface area (Å²) < 4.78 is 0. The number of anilines is 1. The van der Waals surface area contributed by atoms with Crippen molar-refractivity contribution in [3.63, 3.8) is 0 Å². The van der Waals surface area contributed by atoms with Crippen LogP contribution in [0.1, 0.15) is 25.8 Å². The number of rotatable bonds is 2. The van der Waals surface area contributed by atoms with E-state index in [9.17, 15) is 0 Å². The molecule has 4 nitrogen and oxygen atoms in total. The molecule has 1 aliphatic heterocycles. The number of hydrogen-bond acceptors (Lipinski definition) is 2. The molecule has 0 radical (unpaired) electrons. The topological polar surface area (TPSA) is 53.6 Å². The number of nitrogens with one attached hydrogen (secondary N) is 1. The average Bonchev–Trinajstić information content (AvgIpc) is 2.39. The number of para-hydroxylation sites is 1. The van der Waals surface area contributed by atoms with Crippen LogP contribution in [0.2, 0.25) is 0 Å². The Morgan fingerprint density at radius 1 is 1.44 bits per heavy atom. The van der Waals surface area contributed by atoms with E-state index in [2.05, 4.69) is 53.4 Å². The predicted molar refractivity (Wildman–Crippen MR) is 76.6 cm³/mol. The summed E-state index contributed by atoms with van der Waals surface area (Å²) in [5, 5.41) is 0. The number of guanidine groups is 1. The van der Waals surface area contributed by atoms with Crippen molar-refractivity contribution >= 4 is 11.6 Å². The van der Waals surface area contributed by atoms with Gasteiger partial charge in [0.15, 0.2) is 0 Å². The fourth-order valence-electron chi connectivity index (χ4n) is 2.23. The fourth-order valence-corrected chi connectivity index (χ4v) is 2.23. The number of nitrogens with two attached hydrogens (primary N) is 1. The quantitative estimate of drug-likeness (QED) is 0.363. The third kappa shape index (κ3) is 2.82. The molecule has 0 bridgehead atoms. The van der Waals surface area contributed by atoms with Crippen molar-refractivity contribution in [1.82, 2.24) is 5.43 Å². The van der Waals surface area contributed by atoms with Crippen LogP contribution in [0, 0.1) is 5.92 Å². The Bertz CT molecular complexity index is 426. The highest BCUT2D eigenvalue weighted by atomic mass is 15.4. The van der Waals surface area contributed by atoms with Gasteiger partial charge in [-0.1, -0.05) is 32.0 Å². The zero-order chi connectivity index (χ0) is 13.0. The molecule has 1 heterocycles. The monoisotopic (exact) mass is 246 g/mol. The highest BCUT2D eigenvalue weighted by Gasteiger charge is 2.19. The van der Waals surface area contributed by atoms with Gasteiger partial charge in [-0.05, 0) is 30.4 Å². The molecule has 3 N–H and O–H groups in total. The molecular formula is C14H22N4.